The van der Waals surface area contributed by atoms with E-state index in [-0.39, 0.29) is 5.54 Å². The molecule has 0 spiro atoms. The Morgan fingerprint density at radius 3 is 1.86 bits per heavy atom. The summed E-state index contributed by atoms with van der Waals surface area (Å²) in [4.78, 5) is 15.2. The SMILES string of the molecule is CC.CC.CN(C)CC(C)(C)N(C=O)Cc1ccccc1. The summed E-state index contributed by atoms with van der Waals surface area (Å²) in [6.45, 7) is 13.7. The number of nitrogens with zero attached hydrogens (tertiary/aromatic N) is 2. The van der Waals surface area contributed by atoms with Crippen LogP contribution in [0.1, 0.15) is 47.1 Å². The number of hydrogen-bond donors (Lipinski definition) is 0. The molecule has 122 valence electrons. The van der Waals surface area contributed by atoms with E-state index in [1.54, 1.807) is 0 Å². The molecule has 0 aliphatic heterocycles. The lowest BCUT2D eigenvalue weighted by atomic mass is 10.0. The van der Waals surface area contributed by atoms with Gasteiger partial charge in [0.1, 0.15) is 0 Å². The molecule has 0 radical (unpaired) electrons. The molecule has 1 aromatic carbocycles. The molecule has 1 amide bonds. The zero-order valence-electron chi connectivity index (χ0n) is 15.2. The molecule has 0 aliphatic carbocycles. The van der Waals surface area contributed by atoms with Crippen molar-refractivity contribution in [1.82, 2.24) is 9.80 Å². The van der Waals surface area contributed by atoms with E-state index < -0.39 is 0 Å². The molecule has 0 saturated carbocycles. The molecule has 0 aromatic heterocycles. The number of benzene rings is 1. The zero-order chi connectivity index (χ0) is 16.9. The highest BCUT2D eigenvalue weighted by Gasteiger charge is 2.26. The van der Waals surface area contributed by atoms with Crippen LogP contribution in [0.5, 0.6) is 0 Å². The third-order valence-electron chi connectivity index (χ3n) is 2.80. The molecule has 0 atom stereocenters. The third-order valence-corrected chi connectivity index (χ3v) is 2.80. The lowest BCUT2D eigenvalue weighted by Gasteiger charge is -2.38. The highest BCUT2D eigenvalue weighted by Crippen LogP contribution is 2.16. The summed E-state index contributed by atoms with van der Waals surface area (Å²) in [5.41, 5.74) is 0.993. The van der Waals surface area contributed by atoms with Gasteiger partial charge in [-0.25, -0.2) is 0 Å². The fourth-order valence-corrected chi connectivity index (χ4v) is 2.04. The Labute approximate surface area is 132 Å². The van der Waals surface area contributed by atoms with E-state index in [0.29, 0.717) is 6.54 Å². The summed E-state index contributed by atoms with van der Waals surface area (Å²) in [6.07, 6.45) is 0.941. The van der Waals surface area contributed by atoms with Gasteiger partial charge in [-0.2, -0.15) is 0 Å². The quantitative estimate of drug-likeness (QED) is 0.739. The van der Waals surface area contributed by atoms with E-state index in [1.165, 1.54) is 0 Å². The van der Waals surface area contributed by atoms with E-state index in [4.69, 9.17) is 0 Å². The molecular weight excluding hydrogens is 260 g/mol. The first-order chi connectivity index (χ1) is 9.95. The lowest BCUT2D eigenvalue weighted by molar-refractivity contribution is -0.124. The predicted molar refractivity (Wildman–Crippen MR) is 93.4 cm³/mol. The summed E-state index contributed by atoms with van der Waals surface area (Å²) in [6, 6.07) is 10.1. The molecule has 21 heavy (non-hydrogen) atoms. The maximum Gasteiger partial charge on any atom is 0.210 e. The van der Waals surface area contributed by atoms with Gasteiger partial charge in [0.25, 0.3) is 0 Å². The van der Waals surface area contributed by atoms with Crippen LogP contribution in [0.15, 0.2) is 30.3 Å². The molecule has 0 aliphatic rings. The van der Waals surface area contributed by atoms with Gasteiger partial charge in [0.2, 0.25) is 6.41 Å². The Kier molecular flexibility index (Phi) is 12.9. The normalized spacial score (nSPS) is 9.95. The molecule has 0 heterocycles. The van der Waals surface area contributed by atoms with Crippen molar-refractivity contribution in [3.63, 3.8) is 0 Å². The standard InChI is InChI=1S/C14H22N2O.2C2H6/c1-14(2,11-15(3)4)16(12-17)10-13-8-6-5-7-9-13;2*1-2/h5-9,12H,10-11H2,1-4H3;2*1-2H3. The Hall–Kier alpha value is -1.35. The molecule has 1 aromatic rings. The molecule has 0 bridgehead atoms. The summed E-state index contributed by atoms with van der Waals surface area (Å²) in [5, 5.41) is 0. The van der Waals surface area contributed by atoms with Gasteiger partial charge < -0.3 is 9.80 Å². The minimum Gasteiger partial charge on any atom is -0.335 e. The van der Waals surface area contributed by atoms with Crippen LogP contribution in [0.25, 0.3) is 0 Å². The Morgan fingerprint density at radius 1 is 1.00 bits per heavy atom. The second kappa shape index (κ2) is 12.4. The first-order valence-corrected chi connectivity index (χ1v) is 7.86. The van der Waals surface area contributed by atoms with Crippen LogP contribution in [0, 0.1) is 0 Å². The van der Waals surface area contributed by atoms with Crippen molar-refractivity contribution < 1.29 is 4.79 Å². The average Bonchev–Trinajstić information content (AvgIpc) is 2.48. The van der Waals surface area contributed by atoms with Crippen molar-refractivity contribution in [1.29, 1.82) is 0 Å². The van der Waals surface area contributed by atoms with Gasteiger partial charge >= 0.3 is 0 Å². The number of amides is 1. The Balaban J connectivity index is 0. The number of carbonyl (C=O) groups excluding carboxylic acids is 1. The van der Waals surface area contributed by atoms with Crippen LogP contribution in [0.4, 0.5) is 0 Å². The van der Waals surface area contributed by atoms with Crippen LogP contribution < -0.4 is 0 Å². The van der Waals surface area contributed by atoms with Gasteiger partial charge in [-0.1, -0.05) is 58.0 Å². The van der Waals surface area contributed by atoms with E-state index in [1.807, 2.05) is 77.0 Å². The van der Waals surface area contributed by atoms with Gasteiger partial charge in [0.15, 0.2) is 0 Å². The van der Waals surface area contributed by atoms with Gasteiger partial charge in [0.05, 0.1) is 5.54 Å². The van der Waals surface area contributed by atoms with Crippen molar-refractivity contribution in [2.45, 2.75) is 53.6 Å². The van der Waals surface area contributed by atoms with Crippen LogP contribution in [0.3, 0.4) is 0 Å². The van der Waals surface area contributed by atoms with Gasteiger partial charge in [-0.05, 0) is 33.5 Å². The lowest BCUT2D eigenvalue weighted by Crippen LogP contribution is -2.49. The summed E-state index contributed by atoms with van der Waals surface area (Å²) < 4.78 is 0. The van der Waals surface area contributed by atoms with E-state index in [0.717, 1.165) is 18.5 Å². The highest BCUT2D eigenvalue weighted by atomic mass is 16.1. The van der Waals surface area contributed by atoms with E-state index in [9.17, 15) is 4.79 Å². The van der Waals surface area contributed by atoms with Crippen molar-refractivity contribution in [2.24, 2.45) is 0 Å². The number of carbonyl (C=O) groups is 1. The van der Waals surface area contributed by atoms with Gasteiger partial charge in [-0.15, -0.1) is 0 Å². The molecular formula is C18H34N2O. The number of rotatable bonds is 6. The highest BCUT2D eigenvalue weighted by molar-refractivity contribution is 5.49. The molecule has 0 unspecified atom stereocenters. The molecule has 3 nitrogen and oxygen atoms in total. The maximum absolute atomic E-state index is 11.2. The van der Waals surface area contributed by atoms with Crippen molar-refractivity contribution in [3.8, 4) is 0 Å². The molecule has 0 fully saturated rings. The Bertz CT molecular complexity index is 347. The monoisotopic (exact) mass is 294 g/mol. The number of hydrogen-bond acceptors (Lipinski definition) is 2. The molecule has 0 saturated heterocycles. The van der Waals surface area contributed by atoms with Crippen molar-refractivity contribution in [2.75, 3.05) is 20.6 Å². The topological polar surface area (TPSA) is 23.6 Å². The first kappa shape index (κ1) is 21.9. The third kappa shape index (κ3) is 9.24. The fraction of sp³-hybridized carbons (Fsp3) is 0.611. The summed E-state index contributed by atoms with van der Waals surface area (Å²) in [5.74, 6) is 0. The second-order valence-electron chi connectivity index (χ2n) is 5.27. The molecule has 3 heteroatoms. The smallest absolute Gasteiger partial charge is 0.210 e. The predicted octanol–water partition coefficient (Wildman–Crippen LogP) is 4.04. The maximum atomic E-state index is 11.2. The molecule has 1 rings (SSSR count). The van der Waals surface area contributed by atoms with Crippen molar-refractivity contribution in [3.05, 3.63) is 35.9 Å². The van der Waals surface area contributed by atoms with Crippen molar-refractivity contribution >= 4 is 6.41 Å². The fourth-order valence-electron chi connectivity index (χ4n) is 2.04. The van der Waals surface area contributed by atoms with Crippen LogP contribution in [-0.2, 0) is 11.3 Å². The molecule has 0 N–H and O–H groups in total. The minimum absolute atomic E-state index is 0.166. The van der Waals surface area contributed by atoms with Crippen LogP contribution >= 0.6 is 0 Å². The summed E-state index contributed by atoms with van der Waals surface area (Å²) in [7, 11) is 4.04. The second-order valence-corrected chi connectivity index (χ2v) is 5.27. The largest absolute Gasteiger partial charge is 0.335 e. The average molecular weight is 294 g/mol. The summed E-state index contributed by atoms with van der Waals surface area (Å²) >= 11 is 0. The van der Waals surface area contributed by atoms with Crippen LogP contribution in [0.2, 0.25) is 0 Å². The zero-order valence-corrected chi connectivity index (χ0v) is 15.2. The Morgan fingerprint density at radius 2 is 1.48 bits per heavy atom. The van der Waals surface area contributed by atoms with Gasteiger partial charge in [0, 0.05) is 13.1 Å². The minimum atomic E-state index is -0.166. The van der Waals surface area contributed by atoms with Gasteiger partial charge in [-0.3, -0.25) is 4.79 Å². The van der Waals surface area contributed by atoms with Crippen LogP contribution in [-0.4, -0.2) is 42.4 Å². The first-order valence-electron chi connectivity index (χ1n) is 7.86. The van der Waals surface area contributed by atoms with E-state index >= 15 is 0 Å². The van der Waals surface area contributed by atoms with E-state index in [2.05, 4.69) is 18.7 Å². The number of likely N-dealkylation sites (N-methyl/N-ethyl adjacent to an activating group) is 1.